The maximum atomic E-state index is 13.0. The first kappa shape index (κ1) is 57.1. The van der Waals surface area contributed by atoms with E-state index in [0.717, 1.165) is 64.2 Å². The van der Waals surface area contributed by atoms with Gasteiger partial charge in [0.1, 0.15) is 55.4 Å². The first-order valence-corrected chi connectivity index (χ1v) is 24.4. The average molecular weight is 903 g/mol. The van der Waals surface area contributed by atoms with Crippen LogP contribution in [0.1, 0.15) is 174 Å². The third-order valence-corrected chi connectivity index (χ3v) is 11.7. The molecule has 0 spiro atoms. The second-order valence-corrected chi connectivity index (χ2v) is 17.3. The van der Waals surface area contributed by atoms with E-state index < -0.39 is 92.7 Å². The van der Waals surface area contributed by atoms with Crippen molar-refractivity contribution < 1.29 is 73.8 Å². The molecule has 11 atom stereocenters. The van der Waals surface area contributed by atoms with Gasteiger partial charge < -0.3 is 64.2 Å². The Balaban J connectivity index is 1.85. The van der Waals surface area contributed by atoms with Crippen LogP contribution >= 0.6 is 0 Å². The maximum Gasteiger partial charge on any atom is 0.306 e. The highest BCUT2D eigenvalue weighted by Crippen LogP contribution is 2.26. The lowest BCUT2D eigenvalue weighted by Crippen LogP contribution is -2.61. The minimum atomic E-state index is -1.77. The molecule has 4 unspecified atom stereocenters. The number of aliphatic hydroxyl groups excluding tert-OH is 7. The molecule has 15 nitrogen and oxygen atoms in total. The van der Waals surface area contributed by atoms with Crippen LogP contribution in [0.5, 0.6) is 0 Å². The summed E-state index contributed by atoms with van der Waals surface area (Å²) < 4.78 is 33.5. The average Bonchev–Trinajstić information content (AvgIpc) is 3.28. The molecule has 0 aromatic rings. The Kier molecular flexibility index (Phi) is 32.8. The highest BCUT2D eigenvalue weighted by Gasteiger charge is 2.47. The Bertz CT molecular complexity index is 1200. The van der Waals surface area contributed by atoms with E-state index in [0.29, 0.717) is 12.8 Å². The number of esters is 2. The Morgan fingerprint density at radius 2 is 0.905 bits per heavy atom. The van der Waals surface area contributed by atoms with E-state index in [-0.39, 0.29) is 26.1 Å². The van der Waals surface area contributed by atoms with Gasteiger partial charge in [-0.1, -0.05) is 122 Å². The van der Waals surface area contributed by atoms with E-state index in [1.54, 1.807) is 0 Å². The number of carbonyl (C=O) groups is 2. The predicted octanol–water partition coefficient (Wildman–Crippen LogP) is 5.99. The van der Waals surface area contributed by atoms with Crippen LogP contribution in [0.2, 0.25) is 0 Å². The van der Waals surface area contributed by atoms with Gasteiger partial charge in [0, 0.05) is 12.8 Å². The predicted molar refractivity (Wildman–Crippen MR) is 238 cm³/mol. The molecule has 0 amide bonds. The smallest absolute Gasteiger partial charge is 0.306 e. The molecule has 0 saturated carbocycles. The zero-order valence-corrected chi connectivity index (χ0v) is 38.6. The molecule has 0 aromatic carbocycles. The Morgan fingerprint density at radius 1 is 0.492 bits per heavy atom. The number of hydrogen-bond acceptors (Lipinski definition) is 15. The lowest BCUT2D eigenvalue weighted by Gasteiger charge is -2.42. The normalized spacial score (nSPS) is 27.0. The first-order valence-electron chi connectivity index (χ1n) is 24.4. The maximum absolute atomic E-state index is 13.0. The van der Waals surface area contributed by atoms with E-state index in [1.807, 2.05) is 0 Å². The van der Waals surface area contributed by atoms with Gasteiger partial charge in [-0.25, -0.2) is 0 Å². The van der Waals surface area contributed by atoms with Crippen LogP contribution in [0.25, 0.3) is 0 Å². The van der Waals surface area contributed by atoms with Crippen molar-refractivity contribution in [1.29, 1.82) is 0 Å². The number of ether oxygens (including phenoxy) is 6. The van der Waals surface area contributed by atoms with Crippen molar-refractivity contribution in [3.8, 4) is 0 Å². The number of rotatable bonds is 37. The number of hydrogen-bond donors (Lipinski definition) is 7. The second-order valence-electron chi connectivity index (χ2n) is 17.3. The lowest BCUT2D eigenvalue weighted by molar-refractivity contribution is -0.332. The van der Waals surface area contributed by atoms with Crippen molar-refractivity contribution >= 4 is 11.9 Å². The standard InChI is InChI=1S/C48H86O15/c1-3-5-7-9-11-13-15-17-19-21-23-25-27-29-31-40(51)61-36(33-58-39(50)30-28-26-24-22-20-18-16-14-12-10-8-6-4-2)34-59-47-46(57)44(55)42(53)38(63-47)35-60-48-45(56)43(54)41(52)37(32-49)62-48/h15,17-18,20,36-38,41-49,52-57H,3-14,16,19,21-35H2,1-2H3/b17-15+,20-18+/t36-,37-,38-,41+,42+,43?,44?,45?,46?,47-,48-/m1/s1. The molecule has 2 rings (SSSR count). The molecule has 2 fully saturated rings. The molecule has 15 heteroatoms. The van der Waals surface area contributed by atoms with Gasteiger partial charge in [-0.15, -0.1) is 0 Å². The minimum Gasteiger partial charge on any atom is -0.462 e. The molecule has 7 N–H and O–H groups in total. The summed E-state index contributed by atoms with van der Waals surface area (Å²) in [5.41, 5.74) is 0. The van der Waals surface area contributed by atoms with Gasteiger partial charge >= 0.3 is 11.9 Å². The molecular formula is C48H86O15. The van der Waals surface area contributed by atoms with E-state index >= 15 is 0 Å². The molecule has 0 aliphatic carbocycles. The summed E-state index contributed by atoms with van der Waals surface area (Å²) in [4.78, 5) is 25.7. The zero-order chi connectivity index (χ0) is 46.1. The molecule has 0 aromatic heterocycles. The van der Waals surface area contributed by atoms with Crippen LogP contribution < -0.4 is 0 Å². The summed E-state index contributed by atoms with van der Waals surface area (Å²) in [5, 5.41) is 71.9. The van der Waals surface area contributed by atoms with Crippen LogP contribution in [0.4, 0.5) is 0 Å². The highest BCUT2D eigenvalue weighted by atomic mass is 16.7. The third kappa shape index (κ3) is 24.9. The van der Waals surface area contributed by atoms with Crippen LogP contribution in [-0.4, -0.2) is 142 Å². The number of carbonyl (C=O) groups excluding carboxylic acids is 2. The highest BCUT2D eigenvalue weighted by molar-refractivity contribution is 5.70. The van der Waals surface area contributed by atoms with E-state index in [2.05, 4.69) is 38.2 Å². The molecule has 2 saturated heterocycles. The van der Waals surface area contributed by atoms with Crippen LogP contribution in [0.3, 0.4) is 0 Å². The second kappa shape index (κ2) is 36.1. The monoisotopic (exact) mass is 903 g/mol. The van der Waals surface area contributed by atoms with Crippen molar-refractivity contribution in [1.82, 2.24) is 0 Å². The fourth-order valence-corrected chi connectivity index (χ4v) is 7.56. The molecular weight excluding hydrogens is 817 g/mol. The summed E-state index contributed by atoms with van der Waals surface area (Å²) in [6, 6.07) is 0. The topological polar surface area (TPSA) is 231 Å². The zero-order valence-electron chi connectivity index (χ0n) is 38.6. The Hall–Kier alpha value is -2.02. The largest absolute Gasteiger partial charge is 0.462 e. The summed E-state index contributed by atoms with van der Waals surface area (Å²) in [6.45, 7) is 2.54. The quantitative estimate of drug-likeness (QED) is 0.0216. The van der Waals surface area contributed by atoms with Gasteiger partial charge in [-0.2, -0.15) is 0 Å². The summed E-state index contributed by atoms with van der Waals surface area (Å²) in [7, 11) is 0. The number of allylic oxidation sites excluding steroid dienone is 4. The molecule has 2 aliphatic rings. The minimum absolute atomic E-state index is 0.153. The van der Waals surface area contributed by atoms with Gasteiger partial charge in [0.15, 0.2) is 18.7 Å². The van der Waals surface area contributed by atoms with Gasteiger partial charge in [0.2, 0.25) is 0 Å². The fraction of sp³-hybridized carbons (Fsp3) is 0.875. The number of unbranched alkanes of at least 4 members (excludes halogenated alkanes) is 19. The van der Waals surface area contributed by atoms with Crippen LogP contribution in [-0.2, 0) is 38.0 Å². The molecule has 63 heavy (non-hydrogen) atoms. The molecule has 368 valence electrons. The summed E-state index contributed by atoms with van der Waals surface area (Å²) in [5.74, 6) is -0.952. The fourth-order valence-electron chi connectivity index (χ4n) is 7.56. The van der Waals surface area contributed by atoms with Crippen molar-refractivity contribution in [2.45, 2.75) is 242 Å². The molecule has 2 heterocycles. The third-order valence-electron chi connectivity index (χ3n) is 11.7. The van der Waals surface area contributed by atoms with Crippen LogP contribution in [0.15, 0.2) is 24.3 Å². The SMILES string of the molecule is CCCCCCC/C=C/CCCCCCCC(=O)O[C@H](COC(=O)CCCCC/C=C/CCCCCCCC)CO[C@@H]1O[C@H](CO[C@@H]2O[C@H](CO)[C@H](O)C(O)C2O)[C@H](O)C(O)C1O. The number of aliphatic hydroxyl groups is 7. The molecule has 2 aliphatic heterocycles. The van der Waals surface area contributed by atoms with Crippen molar-refractivity contribution in [3.05, 3.63) is 24.3 Å². The molecule has 0 bridgehead atoms. The van der Waals surface area contributed by atoms with E-state index in [9.17, 15) is 45.3 Å². The van der Waals surface area contributed by atoms with E-state index in [1.165, 1.54) is 70.6 Å². The Morgan fingerprint density at radius 3 is 1.41 bits per heavy atom. The Labute approximate surface area is 377 Å². The first-order chi connectivity index (χ1) is 30.5. The van der Waals surface area contributed by atoms with Crippen molar-refractivity contribution in [3.63, 3.8) is 0 Å². The van der Waals surface area contributed by atoms with Crippen molar-refractivity contribution in [2.24, 2.45) is 0 Å². The molecule has 0 radical (unpaired) electrons. The van der Waals surface area contributed by atoms with E-state index in [4.69, 9.17) is 28.4 Å². The summed E-state index contributed by atoms with van der Waals surface area (Å²) in [6.07, 6.45) is 17.8. The van der Waals surface area contributed by atoms with Gasteiger partial charge in [-0.3, -0.25) is 9.59 Å². The van der Waals surface area contributed by atoms with Crippen LogP contribution in [0, 0.1) is 0 Å². The van der Waals surface area contributed by atoms with Gasteiger partial charge in [0.05, 0.1) is 19.8 Å². The summed E-state index contributed by atoms with van der Waals surface area (Å²) >= 11 is 0. The lowest BCUT2D eigenvalue weighted by atomic mass is 9.98. The van der Waals surface area contributed by atoms with Gasteiger partial charge in [-0.05, 0) is 64.2 Å². The van der Waals surface area contributed by atoms with Gasteiger partial charge in [0.25, 0.3) is 0 Å². The van der Waals surface area contributed by atoms with Crippen molar-refractivity contribution in [2.75, 3.05) is 26.4 Å².